The largest absolute Gasteiger partial charge is 0.343 e. The third kappa shape index (κ3) is 3.63. The number of carbonyl (C=O) groups is 1. The zero-order valence-electron chi connectivity index (χ0n) is 16.9. The van der Waals surface area contributed by atoms with Crippen molar-refractivity contribution in [2.75, 3.05) is 45.8 Å². The van der Waals surface area contributed by atoms with Crippen molar-refractivity contribution >= 4 is 16.8 Å². The second-order valence-electron chi connectivity index (χ2n) is 8.25. The van der Waals surface area contributed by atoms with Gasteiger partial charge in [-0.25, -0.2) is 0 Å². The monoisotopic (exact) mass is 368 g/mol. The van der Waals surface area contributed by atoms with Gasteiger partial charge >= 0.3 is 0 Å². The standard InChI is InChI=1S/C22H32N4O/c1-4-23-9-8-20(16-23)26-10-7-18-15-19(5-6-21(18)26)22(27)25-13-11-24(12-14-25)17(2)3/h5-7,10,15,17,20H,4,8-9,11-14,16H2,1-3H3/t20-/m0/s1. The smallest absolute Gasteiger partial charge is 0.253 e. The molecule has 0 spiro atoms. The lowest BCUT2D eigenvalue weighted by Gasteiger charge is -2.37. The number of amides is 1. The minimum atomic E-state index is 0.172. The summed E-state index contributed by atoms with van der Waals surface area (Å²) in [4.78, 5) is 19.9. The Morgan fingerprint density at radius 3 is 2.56 bits per heavy atom. The molecule has 2 aliphatic rings. The first-order valence-electron chi connectivity index (χ1n) is 10.4. The lowest BCUT2D eigenvalue weighted by Crippen LogP contribution is -2.50. The van der Waals surface area contributed by atoms with Gasteiger partial charge in [0.15, 0.2) is 0 Å². The molecule has 27 heavy (non-hydrogen) atoms. The van der Waals surface area contributed by atoms with Crippen molar-refractivity contribution in [3.8, 4) is 0 Å². The van der Waals surface area contributed by atoms with Gasteiger partial charge in [-0.2, -0.15) is 0 Å². The van der Waals surface area contributed by atoms with Gasteiger partial charge < -0.3 is 14.4 Å². The third-order valence-corrected chi connectivity index (χ3v) is 6.39. The number of hydrogen-bond acceptors (Lipinski definition) is 3. The van der Waals surface area contributed by atoms with Crippen LogP contribution in [0.15, 0.2) is 30.5 Å². The van der Waals surface area contributed by atoms with Crippen molar-refractivity contribution in [3.05, 3.63) is 36.0 Å². The normalized spacial score (nSPS) is 22.2. The number of nitrogens with zero attached hydrogens (tertiary/aromatic N) is 4. The van der Waals surface area contributed by atoms with Crippen molar-refractivity contribution in [2.24, 2.45) is 0 Å². The number of rotatable bonds is 4. The number of likely N-dealkylation sites (tertiary alicyclic amines) is 1. The van der Waals surface area contributed by atoms with E-state index >= 15 is 0 Å². The number of piperazine rings is 1. The van der Waals surface area contributed by atoms with E-state index in [9.17, 15) is 4.79 Å². The Balaban J connectivity index is 1.49. The number of fused-ring (bicyclic) bond motifs is 1. The molecule has 2 saturated heterocycles. The van der Waals surface area contributed by atoms with E-state index in [1.165, 1.54) is 23.9 Å². The molecule has 1 amide bonds. The predicted octanol–water partition coefficient (Wildman–Crippen LogP) is 3.07. The summed E-state index contributed by atoms with van der Waals surface area (Å²) in [5.41, 5.74) is 2.07. The van der Waals surface area contributed by atoms with Crippen molar-refractivity contribution in [1.82, 2.24) is 19.3 Å². The van der Waals surface area contributed by atoms with E-state index < -0.39 is 0 Å². The number of carbonyl (C=O) groups excluding carboxylic acids is 1. The summed E-state index contributed by atoms with van der Waals surface area (Å²) >= 11 is 0. The van der Waals surface area contributed by atoms with Gasteiger partial charge in [0.05, 0.1) is 0 Å². The van der Waals surface area contributed by atoms with Crippen molar-refractivity contribution in [3.63, 3.8) is 0 Å². The molecule has 1 aromatic carbocycles. The highest BCUT2D eigenvalue weighted by Crippen LogP contribution is 2.28. The first kappa shape index (κ1) is 18.5. The van der Waals surface area contributed by atoms with E-state index in [1.807, 2.05) is 11.0 Å². The Hall–Kier alpha value is -1.85. The summed E-state index contributed by atoms with van der Waals surface area (Å²) in [5.74, 6) is 0.172. The van der Waals surface area contributed by atoms with Gasteiger partial charge in [0.2, 0.25) is 0 Å². The fourth-order valence-corrected chi connectivity index (χ4v) is 4.57. The summed E-state index contributed by atoms with van der Waals surface area (Å²) in [5, 5.41) is 1.18. The van der Waals surface area contributed by atoms with E-state index in [1.54, 1.807) is 0 Å². The van der Waals surface area contributed by atoms with Crippen LogP contribution < -0.4 is 0 Å². The van der Waals surface area contributed by atoms with Crippen LogP contribution in [0.25, 0.3) is 10.9 Å². The van der Waals surface area contributed by atoms with Crippen LogP contribution in [0.5, 0.6) is 0 Å². The summed E-state index contributed by atoms with van der Waals surface area (Å²) in [7, 11) is 0. The molecule has 5 heteroatoms. The molecule has 2 fully saturated rings. The Morgan fingerprint density at radius 2 is 1.89 bits per heavy atom. The van der Waals surface area contributed by atoms with Crippen LogP contribution in [-0.2, 0) is 0 Å². The zero-order chi connectivity index (χ0) is 19.0. The van der Waals surface area contributed by atoms with Gasteiger partial charge in [0.1, 0.15) is 0 Å². The molecule has 0 aliphatic carbocycles. The van der Waals surface area contributed by atoms with Gasteiger partial charge in [-0.1, -0.05) is 6.92 Å². The SMILES string of the molecule is CCN1CC[C@H](n2ccc3cc(C(=O)N4CCN(C(C)C)CC4)ccc32)C1. The maximum absolute atomic E-state index is 13.0. The number of hydrogen-bond donors (Lipinski definition) is 0. The highest BCUT2D eigenvalue weighted by Gasteiger charge is 2.25. The van der Waals surface area contributed by atoms with Crippen LogP contribution in [0.4, 0.5) is 0 Å². The number of benzene rings is 1. The highest BCUT2D eigenvalue weighted by molar-refractivity contribution is 5.98. The topological polar surface area (TPSA) is 31.7 Å². The molecule has 1 atom stereocenters. The van der Waals surface area contributed by atoms with E-state index in [-0.39, 0.29) is 5.91 Å². The molecular weight excluding hydrogens is 336 g/mol. The first-order valence-corrected chi connectivity index (χ1v) is 10.4. The van der Waals surface area contributed by atoms with Crippen LogP contribution in [0, 0.1) is 0 Å². The summed E-state index contributed by atoms with van der Waals surface area (Å²) in [6.45, 7) is 13.7. The van der Waals surface area contributed by atoms with Crippen LogP contribution >= 0.6 is 0 Å². The third-order valence-electron chi connectivity index (χ3n) is 6.39. The van der Waals surface area contributed by atoms with Crippen LogP contribution in [-0.4, -0.2) is 77.0 Å². The maximum atomic E-state index is 13.0. The molecule has 4 rings (SSSR count). The molecule has 1 aromatic heterocycles. The molecule has 0 N–H and O–H groups in total. The summed E-state index contributed by atoms with van der Waals surface area (Å²) < 4.78 is 2.40. The molecular formula is C22H32N4O. The zero-order valence-corrected chi connectivity index (χ0v) is 16.9. The van der Waals surface area contributed by atoms with Crippen molar-refractivity contribution in [2.45, 2.75) is 39.3 Å². The minimum Gasteiger partial charge on any atom is -0.343 e. The molecule has 2 aromatic rings. The lowest BCUT2D eigenvalue weighted by atomic mass is 10.1. The van der Waals surface area contributed by atoms with Gasteiger partial charge in [0.25, 0.3) is 5.91 Å². The van der Waals surface area contributed by atoms with Gasteiger partial charge in [-0.05, 0) is 51.1 Å². The van der Waals surface area contributed by atoms with Crippen LogP contribution in [0.2, 0.25) is 0 Å². The second kappa shape index (κ2) is 7.64. The van der Waals surface area contributed by atoms with E-state index in [4.69, 9.17) is 0 Å². The molecule has 0 unspecified atom stereocenters. The van der Waals surface area contributed by atoms with Crippen LogP contribution in [0.3, 0.4) is 0 Å². The molecule has 146 valence electrons. The van der Waals surface area contributed by atoms with Gasteiger partial charge in [0, 0.05) is 74.0 Å². The minimum absolute atomic E-state index is 0.172. The van der Waals surface area contributed by atoms with Crippen LogP contribution in [0.1, 0.15) is 43.6 Å². The van der Waals surface area contributed by atoms with E-state index in [0.717, 1.165) is 44.8 Å². The fourth-order valence-electron chi connectivity index (χ4n) is 4.57. The Kier molecular flexibility index (Phi) is 5.24. The Bertz CT molecular complexity index is 804. The molecule has 3 heterocycles. The molecule has 0 bridgehead atoms. The predicted molar refractivity (Wildman–Crippen MR) is 110 cm³/mol. The lowest BCUT2D eigenvalue weighted by molar-refractivity contribution is 0.0595. The van der Waals surface area contributed by atoms with E-state index in [0.29, 0.717) is 12.1 Å². The van der Waals surface area contributed by atoms with Gasteiger partial charge in [-0.3, -0.25) is 9.69 Å². The average molecular weight is 369 g/mol. The molecule has 0 saturated carbocycles. The van der Waals surface area contributed by atoms with Crippen molar-refractivity contribution < 1.29 is 4.79 Å². The number of likely N-dealkylation sites (N-methyl/N-ethyl adjacent to an activating group) is 1. The number of aromatic nitrogens is 1. The first-order chi connectivity index (χ1) is 13.1. The fraction of sp³-hybridized carbons (Fsp3) is 0.591. The quantitative estimate of drug-likeness (QED) is 0.831. The highest BCUT2D eigenvalue weighted by atomic mass is 16.2. The second-order valence-corrected chi connectivity index (χ2v) is 8.25. The average Bonchev–Trinajstić information content (AvgIpc) is 3.33. The Morgan fingerprint density at radius 1 is 1.11 bits per heavy atom. The summed E-state index contributed by atoms with van der Waals surface area (Å²) in [6.07, 6.45) is 3.41. The molecule has 0 radical (unpaired) electrons. The molecule has 5 nitrogen and oxygen atoms in total. The van der Waals surface area contributed by atoms with Crippen molar-refractivity contribution in [1.29, 1.82) is 0 Å². The Labute approximate surface area is 162 Å². The van der Waals surface area contributed by atoms with E-state index in [2.05, 4.69) is 59.5 Å². The molecule has 2 aliphatic heterocycles. The van der Waals surface area contributed by atoms with Gasteiger partial charge in [-0.15, -0.1) is 0 Å². The maximum Gasteiger partial charge on any atom is 0.253 e. The summed E-state index contributed by atoms with van der Waals surface area (Å²) in [6, 6.07) is 9.50.